The summed E-state index contributed by atoms with van der Waals surface area (Å²) in [6, 6.07) is 0. The SMILES string of the molecule is C=CC1(O)CCC1O. The van der Waals surface area contributed by atoms with Crippen LogP contribution in [0.15, 0.2) is 12.7 Å². The number of rotatable bonds is 1. The van der Waals surface area contributed by atoms with E-state index in [1.165, 1.54) is 6.08 Å². The monoisotopic (exact) mass is 114 g/mol. The van der Waals surface area contributed by atoms with E-state index in [9.17, 15) is 0 Å². The Labute approximate surface area is 48.5 Å². The highest BCUT2D eigenvalue weighted by molar-refractivity contribution is 5.08. The van der Waals surface area contributed by atoms with E-state index in [4.69, 9.17) is 10.2 Å². The van der Waals surface area contributed by atoms with Crippen molar-refractivity contribution < 1.29 is 10.2 Å². The third kappa shape index (κ3) is 0.572. The first-order chi connectivity index (χ1) is 3.69. The lowest BCUT2D eigenvalue weighted by molar-refractivity contribution is -0.110. The summed E-state index contributed by atoms with van der Waals surface area (Å²) in [6.07, 6.45) is 2.18. The maximum absolute atomic E-state index is 9.12. The highest BCUT2D eigenvalue weighted by Gasteiger charge is 2.41. The van der Waals surface area contributed by atoms with Crippen LogP contribution in [0, 0.1) is 0 Å². The van der Waals surface area contributed by atoms with Crippen LogP contribution in [0.5, 0.6) is 0 Å². The van der Waals surface area contributed by atoms with Gasteiger partial charge in [0.05, 0.1) is 6.10 Å². The van der Waals surface area contributed by atoms with Gasteiger partial charge in [-0.05, 0) is 12.8 Å². The van der Waals surface area contributed by atoms with Crippen LogP contribution in [0.3, 0.4) is 0 Å². The Kier molecular flexibility index (Phi) is 1.14. The van der Waals surface area contributed by atoms with E-state index in [0.717, 1.165) is 0 Å². The fourth-order valence-electron chi connectivity index (χ4n) is 0.807. The van der Waals surface area contributed by atoms with Crippen molar-refractivity contribution in [1.82, 2.24) is 0 Å². The fraction of sp³-hybridized carbons (Fsp3) is 0.667. The Morgan fingerprint density at radius 3 is 2.38 bits per heavy atom. The predicted octanol–water partition coefficient (Wildman–Crippen LogP) is 0.0582. The highest BCUT2D eigenvalue weighted by atomic mass is 16.3. The second kappa shape index (κ2) is 1.57. The summed E-state index contributed by atoms with van der Waals surface area (Å²) in [5.41, 5.74) is -0.958. The van der Waals surface area contributed by atoms with Gasteiger partial charge in [0.2, 0.25) is 0 Å². The van der Waals surface area contributed by atoms with Gasteiger partial charge in [-0.2, -0.15) is 0 Å². The van der Waals surface area contributed by atoms with E-state index in [0.29, 0.717) is 12.8 Å². The standard InChI is InChI=1S/C6H10O2/c1-2-6(8)4-3-5(6)7/h2,5,7-8H,1,3-4H2. The highest BCUT2D eigenvalue weighted by Crippen LogP contribution is 2.32. The van der Waals surface area contributed by atoms with Gasteiger partial charge in [0, 0.05) is 0 Å². The van der Waals surface area contributed by atoms with Crippen molar-refractivity contribution in [3.05, 3.63) is 12.7 Å². The molecule has 0 spiro atoms. The van der Waals surface area contributed by atoms with E-state index in [1.807, 2.05) is 0 Å². The molecule has 2 nitrogen and oxygen atoms in total. The summed E-state index contributed by atoms with van der Waals surface area (Å²) in [5.74, 6) is 0. The van der Waals surface area contributed by atoms with Crippen molar-refractivity contribution in [1.29, 1.82) is 0 Å². The second-order valence-electron chi connectivity index (χ2n) is 2.25. The Morgan fingerprint density at radius 2 is 2.38 bits per heavy atom. The zero-order chi connectivity index (χ0) is 6.20. The fourth-order valence-corrected chi connectivity index (χ4v) is 0.807. The molecule has 1 aliphatic rings. The third-order valence-corrected chi connectivity index (χ3v) is 1.75. The molecule has 1 fully saturated rings. The summed E-state index contributed by atoms with van der Waals surface area (Å²) < 4.78 is 0. The third-order valence-electron chi connectivity index (χ3n) is 1.75. The minimum absolute atomic E-state index is 0.569. The minimum Gasteiger partial charge on any atom is -0.390 e. The quantitative estimate of drug-likeness (QED) is 0.473. The maximum Gasteiger partial charge on any atom is 0.108 e. The van der Waals surface area contributed by atoms with Crippen LogP contribution >= 0.6 is 0 Å². The first kappa shape index (κ1) is 5.79. The minimum atomic E-state index is -0.958. The molecule has 2 unspecified atom stereocenters. The average molecular weight is 114 g/mol. The van der Waals surface area contributed by atoms with Crippen LogP contribution in [0.2, 0.25) is 0 Å². The molecule has 46 valence electrons. The van der Waals surface area contributed by atoms with Crippen molar-refractivity contribution in [2.45, 2.75) is 24.5 Å². The lowest BCUT2D eigenvalue weighted by Crippen LogP contribution is -2.49. The first-order valence-corrected chi connectivity index (χ1v) is 2.73. The molecule has 0 aromatic heterocycles. The van der Waals surface area contributed by atoms with E-state index in [2.05, 4.69) is 6.58 Å². The summed E-state index contributed by atoms with van der Waals surface area (Å²) >= 11 is 0. The summed E-state index contributed by atoms with van der Waals surface area (Å²) in [4.78, 5) is 0. The molecule has 0 radical (unpaired) electrons. The van der Waals surface area contributed by atoms with Gasteiger partial charge in [0.25, 0.3) is 0 Å². The first-order valence-electron chi connectivity index (χ1n) is 2.73. The molecule has 0 aromatic rings. The topological polar surface area (TPSA) is 40.5 Å². The molecular formula is C6H10O2. The Bertz CT molecular complexity index is 111. The summed E-state index contributed by atoms with van der Waals surface area (Å²) in [6.45, 7) is 3.39. The molecule has 8 heavy (non-hydrogen) atoms. The van der Waals surface area contributed by atoms with Crippen molar-refractivity contribution in [3.8, 4) is 0 Å². The van der Waals surface area contributed by atoms with Crippen LogP contribution in [-0.2, 0) is 0 Å². The average Bonchev–Trinajstić information content (AvgIpc) is 1.83. The van der Waals surface area contributed by atoms with Gasteiger partial charge in [0.1, 0.15) is 5.60 Å². The van der Waals surface area contributed by atoms with Crippen LogP contribution in [0.25, 0.3) is 0 Å². The van der Waals surface area contributed by atoms with Gasteiger partial charge in [0.15, 0.2) is 0 Å². The van der Waals surface area contributed by atoms with Gasteiger partial charge in [-0.15, -0.1) is 6.58 Å². The molecule has 1 aliphatic carbocycles. The molecule has 0 amide bonds. The van der Waals surface area contributed by atoms with E-state index in [1.54, 1.807) is 0 Å². The molecule has 2 N–H and O–H groups in total. The number of aliphatic hydroxyl groups excluding tert-OH is 1. The van der Waals surface area contributed by atoms with Crippen LogP contribution < -0.4 is 0 Å². The van der Waals surface area contributed by atoms with Gasteiger partial charge in [-0.25, -0.2) is 0 Å². The molecule has 1 rings (SSSR count). The molecule has 2 atom stereocenters. The van der Waals surface area contributed by atoms with Crippen molar-refractivity contribution in [3.63, 3.8) is 0 Å². The van der Waals surface area contributed by atoms with E-state index < -0.39 is 11.7 Å². The molecule has 2 heteroatoms. The molecule has 0 bridgehead atoms. The van der Waals surface area contributed by atoms with Gasteiger partial charge < -0.3 is 10.2 Å². The molecule has 1 saturated carbocycles. The maximum atomic E-state index is 9.12. The molecule has 0 heterocycles. The van der Waals surface area contributed by atoms with Crippen LogP contribution in [0.4, 0.5) is 0 Å². The Balaban J connectivity index is 2.54. The summed E-state index contributed by atoms with van der Waals surface area (Å²) in [5, 5.41) is 18.0. The molecule has 0 saturated heterocycles. The zero-order valence-electron chi connectivity index (χ0n) is 4.67. The molecular weight excluding hydrogens is 104 g/mol. The van der Waals surface area contributed by atoms with Gasteiger partial charge in [-0.1, -0.05) is 6.08 Å². The predicted molar refractivity (Wildman–Crippen MR) is 30.4 cm³/mol. The van der Waals surface area contributed by atoms with Crippen LogP contribution in [-0.4, -0.2) is 21.9 Å². The van der Waals surface area contributed by atoms with Crippen LogP contribution in [0.1, 0.15) is 12.8 Å². The lowest BCUT2D eigenvalue weighted by Gasteiger charge is -2.39. The summed E-state index contributed by atoms with van der Waals surface area (Å²) in [7, 11) is 0. The largest absolute Gasteiger partial charge is 0.390 e. The smallest absolute Gasteiger partial charge is 0.108 e. The number of aliphatic hydroxyl groups is 2. The number of hydrogen-bond acceptors (Lipinski definition) is 2. The van der Waals surface area contributed by atoms with Crippen molar-refractivity contribution >= 4 is 0 Å². The van der Waals surface area contributed by atoms with Gasteiger partial charge >= 0.3 is 0 Å². The van der Waals surface area contributed by atoms with E-state index in [-0.39, 0.29) is 0 Å². The van der Waals surface area contributed by atoms with E-state index >= 15 is 0 Å². The Hall–Kier alpha value is -0.340. The molecule has 0 aliphatic heterocycles. The van der Waals surface area contributed by atoms with Gasteiger partial charge in [-0.3, -0.25) is 0 Å². The Morgan fingerprint density at radius 1 is 1.75 bits per heavy atom. The lowest BCUT2D eigenvalue weighted by atomic mass is 9.77. The molecule has 0 aromatic carbocycles. The van der Waals surface area contributed by atoms with Crippen molar-refractivity contribution in [2.75, 3.05) is 0 Å². The van der Waals surface area contributed by atoms with Crippen molar-refractivity contribution in [2.24, 2.45) is 0 Å². The zero-order valence-corrected chi connectivity index (χ0v) is 4.67. The normalized spacial score (nSPS) is 45.5. The number of hydrogen-bond donors (Lipinski definition) is 2. The second-order valence-corrected chi connectivity index (χ2v) is 2.25.